The molecule has 2 heterocycles. The molecule has 1 aromatic heterocycles. The third-order valence-corrected chi connectivity index (χ3v) is 3.73. The number of carboxylic acid groups (broad SMARTS) is 1. The van der Waals surface area contributed by atoms with Gasteiger partial charge in [-0.3, -0.25) is 9.59 Å². The molecule has 18 heavy (non-hydrogen) atoms. The molecule has 1 aliphatic rings. The Kier molecular flexibility index (Phi) is 3.75. The molecule has 0 bridgehead atoms. The summed E-state index contributed by atoms with van der Waals surface area (Å²) in [5.41, 5.74) is 0. The minimum Gasteiger partial charge on any atom is -0.481 e. The number of carbonyl (C=O) groups excluding carboxylic acids is 1. The maximum absolute atomic E-state index is 12.2. The highest BCUT2D eigenvalue weighted by atomic mass is 79.9. The molecule has 6 heteroatoms. The summed E-state index contributed by atoms with van der Waals surface area (Å²) in [7, 11) is 0. The fourth-order valence-corrected chi connectivity index (χ4v) is 2.66. The first-order valence-corrected chi connectivity index (χ1v) is 6.53. The molecule has 1 amide bonds. The molecule has 0 spiro atoms. The zero-order valence-electron chi connectivity index (χ0n) is 9.93. The van der Waals surface area contributed by atoms with E-state index in [2.05, 4.69) is 15.9 Å². The van der Waals surface area contributed by atoms with Gasteiger partial charge >= 0.3 is 5.97 Å². The Morgan fingerprint density at radius 3 is 2.78 bits per heavy atom. The van der Waals surface area contributed by atoms with E-state index >= 15 is 0 Å². The van der Waals surface area contributed by atoms with E-state index in [0.717, 1.165) is 0 Å². The highest BCUT2D eigenvalue weighted by molar-refractivity contribution is 9.10. The van der Waals surface area contributed by atoms with Crippen LogP contribution in [0.4, 0.5) is 0 Å². The molecule has 5 nitrogen and oxygen atoms in total. The number of aliphatic carboxylic acids is 1. The van der Waals surface area contributed by atoms with Crippen LogP contribution in [0, 0.1) is 11.8 Å². The van der Waals surface area contributed by atoms with Crippen molar-refractivity contribution in [2.45, 2.75) is 13.3 Å². The minimum absolute atomic E-state index is 0.178. The van der Waals surface area contributed by atoms with Gasteiger partial charge in [0, 0.05) is 13.1 Å². The zero-order chi connectivity index (χ0) is 13.3. The van der Waals surface area contributed by atoms with Crippen molar-refractivity contribution in [3.8, 4) is 0 Å². The molecule has 0 saturated carbocycles. The molecule has 0 radical (unpaired) electrons. The van der Waals surface area contributed by atoms with Gasteiger partial charge in [0.15, 0.2) is 0 Å². The largest absolute Gasteiger partial charge is 0.481 e. The fourth-order valence-electron chi connectivity index (χ4n) is 2.29. The van der Waals surface area contributed by atoms with Crippen LogP contribution in [0.15, 0.2) is 21.2 Å². The Bertz CT molecular complexity index is 470. The average molecular weight is 316 g/mol. The topological polar surface area (TPSA) is 70.8 Å². The molecular formula is C12H14BrNO4. The van der Waals surface area contributed by atoms with Crippen LogP contribution in [0.3, 0.4) is 0 Å². The second kappa shape index (κ2) is 5.14. The molecule has 1 saturated heterocycles. The van der Waals surface area contributed by atoms with Crippen LogP contribution in [-0.4, -0.2) is 35.0 Å². The summed E-state index contributed by atoms with van der Waals surface area (Å²) in [6.45, 7) is 2.76. The average Bonchev–Trinajstić information content (AvgIpc) is 2.73. The van der Waals surface area contributed by atoms with Gasteiger partial charge in [-0.1, -0.05) is 6.92 Å². The number of halogens is 1. The van der Waals surface area contributed by atoms with Crippen LogP contribution in [0.2, 0.25) is 0 Å². The van der Waals surface area contributed by atoms with Crippen molar-refractivity contribution in [2.24, 2.45) is 11.8 Å². The van der Waals surface area contributed by atoms with E-state index in [4.69, 9.17) is 9.52 Å². The van der Waals surface area contributed by atoms with Crippen molar-refractivity contribution in [3.05, 3.63) is 22.6 Å². The Morgan fingerprint density at radius 2 is 2.22 bits per heavy atom. The molecule has 98 valence electrons. The van der Waals surface area contributed by atoms with Gasteiger partial charge in [-0.05, 0) is 34.3 Å². The van der Waals surface area contributed by atoms with Gasteiger partial charge in [0.2, 0.25) is 5.76 Å². The first-order valence-electron chi connectivity index (χ1n) is 5.74. The Balaban J connectivity index is 2.15. The first-order chi connectivity index (χ1) is 8.49. The lowest BCUT2D eigenvalue weighted by Crippen LogP contribution is -2.45. The molecule has 0 aromatic carbocycles. The second-order valence-electron chi connectivity index (χ2n) is 4.68. The number of piperidine rings is 1. The molecule has 1 fully saturated rings. The molecule has 1 aromatic rings. The summed E-state index contributed by atoms with van der Waals surface area (Å²) >= 11 is 3.24. The predicted octanol–water partition coefficient (Wildman–Crippen LogP) is 2.22. The summed E-state index contributed by atoms with van der Waals surface area (Å²) in [5.74, 6) is -1.19. The standard InChI is InChI=1S/C12H14BrNO4/c1-7-4-8(12(16)17)6-14(5-7)11(15)10-9(13)2-3-18-10/h2-3,7-8H,4-6H2,1H3,(H,16,17). The van der Waals surface area contributed by atoms with Gasteiger partial charge in [-0.25, -0.2) is 0 Å². The predicted molar refractivity (Wildman–Crippen MR) is 67.2 cm³/mol. The SMILES string of the molecule is CC1CC(C(=O)O)CN(C(=O)c2occc2Br)C1. The highest BCUT2D eigenvalue weighted by Gasteiger charge is 2.33. The van der Waals surface area contributed by atoms with Crippen LogP contribution < -0.4 is 0 Å². The zero-order valence-corrected chi connectivity index (χ0v) is 11.5. The number of rotatable bonds is 2. The monoisotopic (exact) mass is 315 g/mol. The van der Waals surface area contributed by atoms with Crippen LogP contribution in [0.25, 0.3) is 0 Å². The summed E-state index contributed by atoms with van der Waals surface area (Å²) in [4.78, 5) is 24.8. The van der Waals surface area contributed by atoms with Crippen molar-refractivity contribution >= 4 is 27.8 Å². The van der Waals surface area contributed by atoms with Crippen molar-refractivity contribution in [1.82, 2.24) is 4.90 Å². The molecule has 1 aliphatic heterocycles. The molecule has 1 N–H and O–H groups in total. The van der Waals surface area contributed by atoms with E-state index in [-0.39, 0.29) is 24.1 Å². The van der Waals surface area contributed by atoms with Crippen LogP contribution in [0.1, 0.15) is 23.9 Å². The molecule has 2 rings (SSSR count). The number of hydrogen-bond acceptors (Lipinski definition) is 3. The molecule has 2 unspecified atom stereocenters. The minimum atomic E-state index is -0.849. The van der Waals surface area contributed by atoms with E-state index < -0.39 is 11.9 Å². The number of carbonyl (C=O) groups is 2. The van der Waals surface area contributed by atoms with E-state index in [1.807, 2.05) is 6.92 Å². The first kappa shape index (κ1) is 13.1. The third-order valence-electron chi connectivity index (χ3n) is 3.11. The molecular weight excluding hydrogens is 302 g/mol. The van der Waals surface area contributed by atoms with Gasteiger partial charge in [0.1, 0.15) is 0 Å². The second-order valence-corrected chi connectivity index (χ2v) is 5.54. The summed E-state index contributed by atoms with van der Waals surface area (Å²) in [6.07, 6.45) is 2.04. The maximum atomic E-state index is 12.2. The Labute approximate surface area is 113 Å². The normalized spacial score (nSPS) is 24.0. The van der Waals surface area contributed by atoms with Gasteiger partial charge < -0.3 is 14.4 Å². The van der Waals surface area contributed by atoms with Crippen LogP contribution >= 0.6 is 15.9 Å². The van der Waals surface area contributed by atoms with Gasteiger partial charge in [0.05, 0.1) is 16.7 Å². The lowest BCUT2D eigenvalue weighted by atomic mass is 9.90. The van der Waals surface area contributed by atoms with Crippen molar-refractivity contribution in [1.29, 1.82) is 0 Å². The van der Waals surface area contributed by atoms with Crippen molar-refractivity contribution in [2.75, 3.05) is 13.1 Å². The van der Waals surface area contributed by atoms with Crippen molar-refractivity contribution < 1.29 is 19.1 Å². The molecule has 2 atom stereocenters. The molecule has 0 aliphatic carbocycles. The summed E-state index contributed by atoms with van der Waals surface area (Å²) in [6, 6.07) is 1.65. The lowest BCUT2D eigenvalue weighted by molar-refractivity contribution is -0.143. The smallest absolute Gasteiger partial charge is 0.308 e. The number of carboxylic acids is 1. The lowest BCUT2D eigenvalue weighted by Gasteiger charge is -2.34. The number of furan rings is 1. The maximum Gasteiger partial charge on any atom is 0.308 e. The summed E-state index contributed by atoms with van der Waals surface area (Å²) in [5, 5.41) is 9.07. The Hall–Kier alpha value is -1.30. The number of nitrogens with zero attached hydrogens (tertiary/aromatic N) is 1. The van der Waals surface area contributed by atoms with E-state index in [1.165, 1.54) is 6.26 Å². The van der Waals surface area contributed by atoms with E-state index in [9.17, 15) is 9.59 Å². The van der Waals surface area contributed by atoms with E-state index in [1.54, 1.807) is 11.0 Å². The van der Waals surface area contributed by atoms with Crippen LogP contribution in [0.5, 0.6) is 0 Å². The van der Waals surface area contributed by atoms with Gasteiger partial charge in [0.25, 0.3) is 5.91 Å². The van der Waals surface area contributed by atoms with Gasteiger partial charge in [-0.2, -0.15) is 0 Å². The Morgan fingerprint density at radius 1 is 1.50 bits per heavy atom. The highest BCUT2D eigenvalue weighted by Crippen LogP contribution is 2.26. The van der Waals surface area contributed by atoms with E-state index in [0.29, 0.717) is 17.4 Å². The quantitative estimate of drug-likeness (QED) is 0.908. The van der Waals surface area contributed by atoms with Crippen LogP contribution in [-0.2, 0) is 4.79 Å². The third kappa shape index (κ3) is 2.58. The fraction of sp³-hybridized carbons (Fsp3) is 0.500. The van der Waals surface area contributed by atoms with Gasteiger partial charge in [-0.15, -0.1) is 0 Å². The number of amides is 1. The number of hydrogen-bond donors (Lipinski definition) is 1. The number of likely N-dealkylation sites (tertiary alicyclic amines) is 1. The summed E-state index contributed by atoms with van der Waals surface area (Å²) < 4.78 is 5.72. The van der Waals surface area contributed by atoms with Crippen molar-refractivity contribution in [3.63, 3.8) is 0 Å².